The van der Waals surface area contributed by atoms with Crippen LogP contribution in [0.1, 0.15) is 60.6 Å². The molecule has 2 heterocycles. The second kappa shape index (κ2) is 12.9. The van der Waals surface area contributed by atoms with E-state index in [9.17, 15) is 14.7 Å². The molecule has 4 aromatic rings. The summed E-state index contributed by atoms with van der Waals surface area (Å²) in [4.78, 5) is 36.7. The van der Waals surface area contributed by atoms with E-state index >= 15 is 0 Å². The molecule has 7 nitrogen and oxygen atoms in total. The van der Waals surface area contributed by atoms with Crippen molar-refractivity contribution in [3.05, 3.63) is 88.4 Å². The third kappa shape index (κ3) is 7.54. The highest BCUT2D eigenvalue weighted by Crippen LogP contribution is 2.29. The Hall–Kier alpha value is -4.04. The maximum atomic E-state index is 13.1. The number of carbonyl (C=O) groups is 2. The van der Waals surface area contributed by atoms with E-state index in [0.717, 1.165) is 40.0 Å². The number of aromatic nitrogens is 2. The van der Waals surface area contributed by atoms with Crippen LogP contribution in [-0.2, 0) is 21.4 Å². The van der Waals surface area contributed by atoms with Crippen LogP contribution in [-0.4, -0.2) is 39.6 Å². The van der Waals surface area contributed by atoms with E-state index in [1.54, 1.807) is 24.5 Å². The maximum absolute atomic E-state index is 13.1. The monoisotopic (exact) mass is 557 g/mol. The van der Waals surface area contributed by atoms with E-state index in [1.807, 2.05) is 55.5 Å². The number of benzene rings is 2. The first-order chi connectivity index (χ1) is 19.1. The van der Waals surface area contributed by atoms with Gasteiger partial charge in [0.1, 0.15) is 11.8 Å². The van der Waals surface area contributed by atoms with Gasteiger partial charge in [-0.2, -0.15) is 0 Å². The standard InChI is InChI=1S/C32H35N3O4S/c1-5-6-17-39-31(38)26(35-30(37)27-15-16-28(40-27)32(2,3)4)18-21-7-9-23(10-8-21)29-33-19-24(20-34-29)22-11-13-25(36)14-12-22/h7-16,19-20,26,36H,5-6,17-18H2,1-4H3,(H,35,37)/t26-/m0/s1. The van der Waals surface area contributed by atoms with Crippen LogP contribution in [0.3, 0.4) is 0 Å². The molecule has 0 spiro atoms. The number of thiophene rings is 1. The summed E-state index contributed by atoms with van der Waals surface area (Å²) >= 11 is 1.44. The highest BCUT2D eigenvalue weighted by atomic mass is 32.1. The topological polar surface area (TPSA) is 101 Å². The molecule has 2 aromatic heterocycles. The first kappa shape index (κ1) is 29.0. The molecule has 0 fully saturated rings. The average molecular weight is 558 g/mol. The number of phenolic OH excluding ortho intramolecular Hbond substituents is 1. The number of amides is 1. The summed E-state index contributed by atoms with van der Waals surface area (Å²) in [6.07, 6.45) is 5.47. The molecular formula is C32H35N3O4S. The van der Waals surface area contributed by atoms with Crippen molar-refractivity contribution in [2.24, 2.45) is 0 Å². The lowest BCUT2D eigenvalue weighted by Gasteiger charge is -2.18. The minimum atomic E-state index is -0.809. The molecule has 40 heavy (non-hydrogen) atoms. The van der Waals surface area contributed by atoms with Gasteiger partial charge in [-0.1, -0.05) is 70.5 Å². The normalized spacial score (nSPS) is 12.1. The van der Waals surface area contributed by atoms with Crippen LogP contribution in [0.4, 0.5) is 0 Å². The van der Waals surface area contributed by atoms with Gasteiger partial charge in [0.05, 0.1) is 11.5 Å². The Balaban J connectivity index is 1.46. The molecule has 2 aromatic carbocycles. The van der Waals surface area contributed by atoms with Crippen LogP contribution in [0.2, 0.25) is 0 Å². The number of rotatable bonds is 10. The zero-order chi connectivity index (χ0) is 28.7. The second-order valence-corrected chi connectivity index (χ2v) is 11.8. The molecule has 0 saturated heterocycles. The lowest BCUT2D eigenvalue weighted by atomic mass is 9.95. The van der Waals surface area contributed by atoms with Crippen molar-refractivity contribution in [1.82, 2.24) is 15.3 Å². The van der Waals surface area contributed by atoms with E-state index in [4.69, 9.17) is 4.74 Å². The highest BCUT2D eigenvalue weighted by Gasteiger charge is 2.25. The van der Waals surface area contributed by atoms with Crippen LogP contribution in [0.15, 0.2) is 73.1 Å². The summed E-state index contributed by atoms with van der Waals surface area (Å²) in [5, 5.41) is 12.4. The molecule has 0 aliphatic heterocycles. The predicted molar refractivity (Wildman–Crippen MR) is 158 cm³/mol. The number of esters is 1. The molecular weight excluding hydrogens is 522 g/mol. The van der Waals surface area contributed by atoms with Gasteiger partial charge in [0.2, 0.25) is 0 Å². The van der Waals surface area contributed by atoms with Gasteiger partial charge in [0, 0.05) is 34.8 Å². The van der Waals surface area contributed by atoms with Gasteiger partial charge in [0.25, 0.3) is 5.91 Å². The number of hydrogen-bond acceptors (Lipinski definition) is 7. The van der Waals surface area contributed by atoms with Crippen LogP contribution in [0.5, 0.6) is 5.75 Å². The van der Waals surface area contributed by atoms with Gasteiger partial charge in [-0.15, -0.1) is 11.3 Å². The lowest BCUT2D eigenvalue weighted by molar-refractivity contribution is -0.146. The van der Waals surface area contributed by atoms with Crippen molar-refractivity contribution >= 4 is 23.2 Å². The predicted octanol–water partition coefficient (Wildman–Crippen LogP) is 6.56. The number of phenols is 1. The molecule has 1 atom stereocenters. The number of unbranched alkanes of at least 4 members (excludes halogenated alkanes) is 1. The van der Waals surface area contributed by atoms with E-state index in [-0.39, 0.29) is 17.1 Å². The molecule has 0 unspecified atom stereocenters. The second-order valence-electron chi connectivity index (χ2n) is 10.7. The van der Waals surface area contributed by atoms with Crippen molar-refractivity contribution < 1.29 is 19.4 Å². The zero-order valence-corrected chi connectivity index (χ0v) is 24.1. The Bertz CT molecular complexity index is 1420. The first-order valence-electron chi connectivity index (χ1n) is 13.4. The SMILES string of the molecule is CCCCOC(=O)[C@H](Cc1ccc(-c2ncc(-c3ccc(O)cc3)cn2)cc1)NC(=O)c1ccc(C(C)(C)C)s1. The van der Waals surface area contributed by atoms with E-state index in [1.165, 1.54) is 11.3 Å². The number of aromatic hydroxyl groups is 1. The highest BCUT2D eigenvalue weighted by molar-refractivity contribution is 7.14. The van der Waals surface area contributed by atoms with Gasteiger partial charge in [-0.25, -0.2) is 14.8 Å². The summed E-state index contributed by atoms with van der Waals surface area (Å²) in [5.41, 5.74) is 3.42. The quantitative estimate of drug-likeness (QED) is 0.169. The zero-order valence-electron chi connectivity index (χ0n) is 23.3. The molecule has 1 amide bonds. The fraction of sp³-hybridized carbons (Fsp3) is 0.312. The molecule has 0 aliphatic carbocycles. The summed E-state index contributed by atoms with van der Waals surface area (Å²) < 4.78 is 5.48. The molecule has 4 rings (SSSR count). The third-order valence-corrected chi connectivity index (χ3v) is 7.92. The van der Waals surface area contributed by atoms with Crippen LogP contribution >= 0.6 is 11.3 Å². The minimum absolute atomic E-state index is 0.0566. The smallest absolute Gasteiger partial charge is 0.328 e. The molecule has 2 N–H and O–H groups in total. The Morgan fingerprint density at radius 1 is 0.925 bits per heavy atom. The van der Waals surface area contributed by atoms with Gasteiger partial charge in [-0.05, 0) is 47.2 Å². The van der Waals surface area contributed by atoms with E-state index in [2.05, 4.69) is 36.1 Å². The van der Waals surface area contributed by atoms with Crippen LogP contribution in [0, 0.1) is 0 Å². The summed E-state index contributed by atoms with van der Waals surface area (Å²) in [5.74, 6) is 0.0622. The molecule has 0 radical (unpaired) electrons. The van der Waals surface area contributed by atoms with Crippen molar-refractivity contribution in [3.63, 3.8) is 0 Å². The maximum Gasteiger partial charge on any atom is 0.328 e. The molecule has 0 aliphatic rings. The number of ether oxygens (including phenoxy) is 1. The van der Waals surface area contributed by atoms with Crippen molar-refractivity contribution in [2.75, 3.05) is 6.61 Å². The summed E-state index contributed by atoms with van der Waals surface area (Å²) in [6, 6.07) is 17.5. The van der Waals surface area contributed by atoms with Gasteiger partial charge in [0.15, 0.2) is 5.82 Å². The third-order valence-electron chi connectivity index (χ3n) is 6.41. The Labute approximate surface area is 239 Å². The lowest BCUT2D eigenvalue weighted by Crippen LogP contribution is -2.43. The fourth-order valence-electron chi connectivity index (χ4n) is 4.01. The van der Waals surface area contributed by atoms with Gasteiger partial charge >= 0.3 is 5.97 Å². The largest absolute Gasteiger partial charge is 0.508 e. The fourth-order valence-corrected chi connectivity index (χ4v) is 4.98. The average Bonchev–Trinajstić information content (AvgIpc) is 3.45. The van der Waals surface area contributed by atoms with E-state index in [0.29, 0.717) is 23.7 Å². The van der Waals surface area contributed by atoms with Crippen molar-refractivity contribution in [2.45, 2.75) is 58.4 Å². The summed E-state index contributed by atoms with van der Waals surface area (Å²) in [6.45, 7) is 8.67. The van der Waals surface area contributed by atoms with Crippen LogP contribution < -0.4 is 5.32 Å². The van der Waals surface area contributed by atoms with Crippen LogP contribution in [0.25, 0.3) is 22.5 Å². The number of carbonyl (C=O) groups excluding carboxylic acids is 2. The Morgan fingerprint density at radius 2 is 1.57 bits per heavy atom. The Morgan fingerprint density at radius 3 is 2.17 bits per heavy atom. The molecule has 0 saturated carbocycles. The minimum Gasteiger partial charge on any atom is -0.508 e. The number of nitrogens with one attached hydrogen (secondary N) is 1. The Kier molecular flexibility index (Phi) is 9.32. The molecule has 8 heteroatoms. The van der Waals surface area contributed by atoms with Gasteiger partial charge in [-0.3, -0.25) is 4.79 Å². The van der Waals surface area contributed by atoms with Crippen molar-refractivity contribution in [1.29, 1.82) is 0 Å². The summed E-state index contributed by atoms with van der Waals surface area (Å²) in [7, 11) is 0. The van der Waals surface area contributed by atoms with Crippen molar-refractivity contribution in [3.8, 4) is 28.3 Å². The molecule has 0 bridgehead atoms. The van der Waals surface area contributed by atoms with E-state index < -0.39 is 12.0 Å². The number of hydrogen-bond donors (Lipinski definition) is 2. The molecule has 208 valence electrons. The number of nitrogens with zero attached hydrogens (tertiary/aromatic N) is 2. The first-order valence-corrected chi connectivity index (χ1v) is 14.2. The van der Waals surface area contributed by atoms with Gasteiger partial charge < -0.3 is 15.2 Å².